The lowest BCUT2D eigenvalue weighted by molar-refractivity contribution is -0.143. The van der Waals surface area contributed by atoms with E-state index in [-0.39, 0.29) is 0 Å². The Morgan fingerprint density at radius 1 is 1.15 bits per heavy atom. The standard InChI is InChI=1S/C17H18ClN5O3/c1-26-14-4-3-12(18)11-13(14)21-15(24)16(25)22-7-9-23(10-8-22)17-19-5-2-6-20-17/h2-6,11H,7-10H2,1H3,(H,21,24). The lowest BCUT2D eigenvalue weighted by Crippen LogP contribution is -2.52. The molecule has 136 valence electrons. The van der Waals surface area contributed by atoms with Crippen LogP contribution < -0.4 is 15.0 Å². The monoisotopic (exact) mass is 375 g/mol. The van der Waals surface area contributed by atoms with Gasteiger partial charge in [-0.1, -0.05) is 11.6 Å². The van der Waals surface area contributed by atoms with Gasteiger partial charge in [0.15, 0.2) is 0 Å². The van der Waals surface area contributed by atoms with E-state index in [9.17, 15) is 9.59 Å². The molecule has 2 amide bonds. The normalized spacial score (nSPS) is 14.1. The number of hydrogen-bond acceptors (Lipinski definition) is 6. The highest BCUT2D eigenvalue weighted by molar-refractivity contribution is 6.40. The molecule has 0 radical (unpaired) electrons. The minimum absolute atomic E-state index is 0.356. The van der Waals surface area contributed by atoms with E-state index in [1.165, 1.54) is 18.1 Å². The summed E-state index contributed by atoms with van der Waals surface area (Å²) in [5.41, 5.74) is 0.356. The van der Waals surface area contributed by atoms with Gasteiger partial charge in [0.1, 0.15) is 5.75 Å². The number of ether oxygens (including phenoxy) is 1. The highest BCUT2D eigenvalue weighted by Crippen LogP contribution is 2.27. The Morgan fingerprint density at radius 3 is 2.50 bits per heavy atom. The summed E-state index contributed by atoms with van der Waals surface area (Å²) in [7, 11) is 1.48. The van der Waals surface area contributed by atoms with E-state index in [1.54, 1.807) is 30.6 Å². The number of hydrogen-bond donors (Lipinski definition) is 1. The molecule has 0 aliphatic carbocycles. The van der Waals surface area contributed by atoms with E-state index in [0.717, 1.165) is 0 Å². The molecule has 0 unspecified atom stereocenters. The van der Waals surface area contributed by atoms with Gasteiger partial charge in [0, 0.05) is 43.6 Å². The first-order valence-electron chi connectivity index (χ1n) is 8.04. The number of amides is 2. The summed E-state index contributed by atoms with van der Waals surface area (Å²) in [6.45, 7) is 1.95. The van der Waals surface area contributed by atoms with Crippen molar-refractivity contribution in [1.29, 1.82) is 0 Å². The maximum atomic E-state index is 12.4. The van der Waals surface area contributed by atoms with E-state index >= 15 is 0 Å². The number of carbonyl (C=O) groups is 2. The SMILES string of the molecule is COc1ccc(Cl)cc1NC(=O)C(=O)N1CCN(c2ncccn2)CC1. The molecule has 0 spiro atoms. The summed E-state index contributed by atoms with van der Waals surface area (Å²) in [4.78, 5) is 36.6. The van der Waals surface area contributed by atoms with E-state index < -0.39 is 11.8 Å². The first-order valence-corrected chi connectivity index (χ1v) is 8.42. The number of piperazine rings is 1. The molecule has 2 heterocycles. The van der Waals surface area contributed by atoms with E-state index in [4.69, 9.17) is 16.3 Å². The summed E-state index contributed by atoms with van der Waals surface area (Å²) in [6.07, 6.45) is 3.34. The smallest absolute Gasteiger partial charge is 0.314 e. The number of nitrogens with one attached hydrogen (secondary N) is 1. The van der Waals surface area contributed by atoms with Crippen LogP contribution in [-0.2, 0) is 9.59 Å². The van der Waals surface area contributed by atoms with Crippen molar-refractivity contribution < 1.29 is 14.3 Å². The summed E-state index contributed by atoms with van der Waals surface area (Å²) in [5, 5.41) is 3.00. The second-order valence-electron chi connectivity index (χ2n) is 5.63. The van der Waals surface area contributed by atoms with Crippen molar-refractivity contribution in [1.82, 2.24) is 14.9 Å². The molecule has 8 nitrogen and oxygen atoms in total. The predicted octanol–water partition coefficient (Wildman–Crippen LogP) is 1.43. The van der Waals surface area contributed by atoms with Crippen molar-refractivity contribution in [2.75, 3.05) is 43.5 Å². The van der Waals surface area contributed by atoms with Gasteiger partial charge in [-0.25, -0.2) is 9.97 Å². The maximum absolute atomic E-state index is 12.4. The summed E-state index contributed by atoms with van der Waals surface area (Å²) in [6, 6.07) is 6.55. The maximum Gasteiger partial charge on any atom is 0.314 e. The Bertz CT molecular complexity index is 794. The molecular weight excluding hydrogens is 358 g/mol. The molecule has 2 aromatic rings. The number of anilines is 2. The number of carbonyl (C=O) groups excluding carboxylic acids is 2. The van der Waals surface area contributed by atoms with Crippen LogP contribution >= 0.6 is 11.6 Å². The van der Waals surface area contributed by atoms with Crippen LogP contribution in [-0.4, -0.2) is 60.0 Å². The fourth-order valence-electron chi connectivity index (χ4n) is 2.66. The number of halogens is 1. The van der Waals surface area contributed by atoms with Crippen molar-refractivity contribution in [2.24, 2.45) is 0 Å². The zero-order valence-electron chi connectivity index (χ0n) is 14.2. The summed E-state index contributed by atoms with van der Waals surface area (Å²) < 4.78 is 5.17. The van der Waals surface area contributed by atoms with Crippen LogP contribution in [0, 0.1) is 0 Å². The minimum Gasteiger partial charge on any atom is -0.495 e. The topological polar surface area (TPSA) is 87.7 Å². The Kier molecular flexibility index (Phi) is 5.52. The quantitative estimate of drug-likeness (QED) is 0.816. The molecule has 1 aromatic heterocycles. The van der Waals surface area contributed by atoms with Crippen molar-refractivity contribution in [3.8, 4) is 5.75 Å². The molecule has 1 aliphatic rings. The summed E-state index contributed by atoms with van der Waals surface area (Å²) >= 11 is 5.94. The van der Waals surface area contributed by atoms with Gasteiger partial charge in [0.2, 0.25) is 5.95 Å². The number of rotatable bonds is 3. The fraction of sp³-hybridized carbons (Fsp3) is 0.294. The van der Waals surface area contributed by atoms with Gasteiger partial charge in [0.05, 0.1) is 12.8 Å². The third-order valence-corrected chi connectivity index (χ3v) is 4.24. The third kappa shape index (κ3) is 4.02. The molecular formula is C17H18ClN5O3. The van der Waals surface area contributed by atoms with Crippen LogP contribution in [0.2, 0.25) is 5.02 Å². The van der Waals surface area contributed by atoms with Crippen molar-refractivity contribution in [2.45, 2.75) is 0 Å². The van der Waals surface area contributed by atoms with Gasteiger partial charge in [-0.05, 0) is 24.3 Å². The highest BCUT2D eigenvalue weighted by atomic mass is 35.5. The van der Waals surface area contributed by atoms with E-state index in [1.807, 2.05) is 4.90 Å². The van der Waals surface area contributed by atoms with Crippen molar-refractivity contribution >= 4 is 35.1 Å². The van der Waals surface area contributed by atoms with Gasteiger partial charge >= 0.3 is 11.8 Å². The Balaban J connectivity index is 1.60. The first kappa shape index (κ1) is 17.9. The lowest BCUT2D eigenvalue weighted by atomic mass is 10.2. The number of aromatic nitrogens is 2. The van der Waals surface area contributed by atoms with Crippen molar-refractivity contribution in [3.63, 3.8) is 0 Å². The largest absolute Gasteiger partial charge is 0.495 e. The molecule has 1 aromatic carbocycles. The Morgan fingerprint density at radius 2 is 1.85 bits per heavy atom. The fourth-order valence-corrected chi connectivity index (χ4v) is 2.83. The molecule has 26 heavy (non-hydrogen) atoms. The Labute approximate surface area is 155 Å². The van der Waals surface area contributed by atoms with Gasteiger partial charge < -0.3 is 19.9 Å². The minimum atomic E-state index is -0.727. The van der Waals surface area contributed by atoms with E-state index in [0.29, 0.717) is 48.6 Å². The molecule has 0 saturated carbocycles. The summed E-state index contributed by atoms with van der Waals surface area (Å²) in [5.74, 6) is -0.273. The number of benzene rings is 1. The molecule has 3 rings (SSSR count). The molecule has 0 bridgehead atoms. The van der Waals surface area contributed by atoms with Crippen LogP contribution in [0.3, 0.4) is 0 Å². The third-order valence-electron chi connectivity index (χ3n) is 4.01. The van der Waals surface area contributed by atoms with Crippen LogP contribution in [0.15, 0.2) is 36.7 Å². The molecule has 0 atom stereocenters. The molecule has 1 saturated heterocycles. The molecule has 1 fully saturated rings. The second kappa shape index (κ2) is 8.01. The molecule has 9 heteroatoms. The average Bonchev–Trinajstić information content (AvgIpc) is 2.68. The van der Waals surface area contributed by atoms with Crippen molar-refractivity contribution in [3.05, 3.63) is 41.7 Å². The van der Waals surface area contributed by atoms with Gasteiger partial charge in [-0.3, -0.25) is 9.59 Å². The van der Waals surface area contributed by atoms with Gasteiger partial charge in [0.25, 0.3) is 0 Å². The Hall–Kier alpha value is -2.87. The van der Waals surface area contributed by atoms with Crippen LogP contribution in [0.4, 0.5) is 11.6 Å². The predicted molar refractivity (Wildman–Crippen MR) is 97.5 cm³/mol. The average molecular weight is 376 g/mol. The lowest BCUT2D eigenvalue weighted by Gasteiger charge is -2.34. The van der Waals surface area contributed by atoms with Crippen LogP contribution in [0.5, 0.6) is 5.75 Å². The molecule has 1 aliphatic heterocycles. The molecule has 1 N–H and O–H groups in total. The highest BCUT2D eigenvalue weighted by Gasteiger charge is 2.27. The zero-order chi connectivity index (χ0) is 18.5. The van der Waals surface area contributed by atoms with E-state index in [2.05, 4.69) is 15.3 Å². The van der Waals surface area contributed by atoms with Crippen LogP contribution in [0.25, 0.3) is 0 Å². The van der Waals surface area contributed by atoms with Gasteiger partial charge in [-0.15, -0.1) is 0 Å². The number of nitrogens with zero attached hydrogens (tertiary/aromatic N) is 4. The number of methoxy groups -OCH3 is 1. The zero-order valence-corrected chi connectivity index (χ0v) is 14.9. The second-order valence-corrected chi connectivity index (χ2v) is 6.06. The van der Waals surface area contributed by atoms with Gasteiger partial charge in [-0.2, -0.15) is 0 Å². The first-order chi connectivity index (χ1) is 12.6. The van der Waals surface area contributed by atoms with Crippen LogP contribution in [0.1, 0.15) is 0 Å².